The Labute approximate surface area is 252 Å². The minimum atomic E-state index is 0. The average Bonchev–Trinajstić information content (AvgIpc) is 3.58. The van der Waals surface area contributed by atoms with Gasteiger partial charge in [0.1, 0.15) is 5.58 Å². The number of fused-ring (bicyclic) bond motifs is 3. The maximum atomic E-state index is 5.97. The summed E-state index contributed by atoms with van der Waals surface area (Å²) < 4.78 is 8.31. The molecule has 4 heterocycles. The first-order valence-electron chi connectivity index (χ1n) is 13.6. The summed E-state index contributed by atoms with van der Waals surface area (Å²) in [5.74, 6) is 1.56. The second-order valence-electron chi connectivity index (χ2n) is 10.3. The minimum Gasteiger partial charge on any atom is -0.501 e. The molecule has 0 aliphatic carbocycles. The number of hydrogen-bond donors (Lipinski definition) is 0. The molecule has 1 aliphatic rings. The zero-order valence-electron chi connectivity index (χ0n) is 22.8. The van der Waals surface area contributed by atoms with Gasteiger partial charge in [0.15, 0.2) is 0 Å². The van der Waals surface area contributed by atoms with Gasteiger partial charge in [-0.1, -0.05) is 73.3 Å². The first-order valence-corrected chi connectivity index (χ1v) is 13.6. The number of pyridine rings is 1. The van der Waals surface area contributed by atoms with Crippen LogP contribution in [0.1, 0.15) is 19.4 Å². The van der Waals surface area contributed by atoms with E-state index in [2.05, 4.69) is 71.9 Å². The Morgan fingerprint density at radius 3 is 2.49 bits per heavy atom. The van der Waals surface area contributed by atoms with Gasteiger partial charge in [0.05, 0.1) is 22.4 Å². The van der Waals surface area contributed by atoms with Crippen LogP contribution in [0.4, 0.5) is 0 Å². The number of allylic oxidation sites excluding steroid dienone is 1. The van der Waals surface area contributed by atoms with E-state index < -0.39 is 0 Å². The smallest absolute Gasteiger partial charge is 0.120 e. The van der Waals surface area contributed by atoms with E-state index in [4.69, 9.17) is 9.40 Å². The second-order valence-corrected chi connectivity index (χ2v) is 10.3. The van der Waals surface area contributed by atoms with E-state index in [1.807, 2.05) is 66.7 Å². The first-order chi connectivity index (χ1) is 19.7. The summed E-state index contributed by atoms with van der Waals surface area (Å²) in [6.07, 6.45) is 4.11. The summed E-state index contributed by atoms with van der Waals surface area (Å²) in [4.78, 5) is 9.22. The van der Waals surface area contributed by atoms with Gasteiger partial charge in [0.2, 0.25) is 0 Å². The fourth-order valence-electron chi connectivity index (χ4n) is 5.39. The quantitative estimate of drug-likeness (QED) is 0.172. The van der Waals surface area contributed by atoms with Crippen molar-refractivity contribution >= 4 is 39.0 Å². The van der Waals surface area contributed by atoms with Crippen LogP contribution < -0.4 is 0 Å². The van der Waals surface area contributed by atoms with Crippen molar-refractivity contribution < 1.29 is 24.5 Å². The Kier molecular flexibility index (Phi) is 7.40. The van der Waals surface area contributed by atoms with Crippen molar-refractivity contribution in [2.45, 2.75) is 20.4 Å². The van der Waals surface area contributed by atoms with E-state index in [0.29, 0.717) is 5.92 Å². The number of imidazole rings is 1. The maximum Gasteiger partial charge on any atom is 0.120 e. The zero-order valence-corrected chi connectivity index (χ0v) is 25.2. The Morgan fingerprint density at radius 1 is 0.829 bits per heavy atom. The molecule has 3 aromatic heterocycles. The summed E-state index contributed by atoms with van der Waals surface area (Å²) in [5.41, 5.74) is 9.64. The molecule has 0 saturated carbocycles. The van der Waals surface area contributed by atoms with E-state index in [-0.39, 0.29) is 20.1 Å². The third-order valence-corrected chi connectivity index (χ3v) is 7.43. The molecule has 1 aliphatic heterocycles. The van der Waals surface area contributed by atoms with E-state index >= 15 is 0 Å². The molecule has 203 valence electrons. The van der Waals surface area contributed by atoms with Crippen LogP contribution in [-0.4, -0.2) is 14.5 Å². The minimum absolute atomic E-state index is 0. The van der Waals surface area contributed by atoms with Crippen LogP contribution in [0.5, 0.6) is 0 Å². The number of hydrogen-bond acceptors (Lipinski definition) is 3. The van der Waals surface area contributed by atoms with E-state index in [1.165, 1.54) is 16.7 Å². The van der Waals surface area contributed by atoms with Crippen LogP contribution in [-0.2, 0) is 26.7 Å². The van der Waals surface area contributed by atoms with Gasteiger partial charge < -0.3 is 14.0 Å². The molecule has 0 N–H and O–H groups in total. The molecule has 0 bridgehead atoms. The van der Waals surface area contributed by atoms with Crippen LogP contribution in [0.25, 0.3) is 61.7 Å². The average molecular weight is 710 g/mol. The van der Waals surface area contributed by atoms with Gasteiger partial charge in [0, 0.05) is 38.2 Å². The SMILES string of the molecule is CC(C)C1=Cc2cccc3nc(-c4[c-]cccc4)n(c23)C1.[Ir].[c-]1ccc2c(oc3ccccc32)c1-c1ccccn1. The Hall–Kier alpha value is -4.31. The van der Waals surface area contributed by atoms with Crippen molar-refractivity contribution in [2.75, 3.05) is 0 Å². The molecular weight excluding hydrogens is 683 g/mol. The fourth-order valence-corrected chi connectivity index (χ4v) is 5.39. The van der Waals surface area contributed by atoms with Gasteiger partial charge in [-0.2, -0.15) is 0 Å². The fraction of sp³-hybridized carbons (Fsp3) is 0.111. The molecule has 0 amide bonds. The topological polar surface area (TPSA) is 43.9 Å². The van der Waals surface area contributed by atoms with Gasteiger partial charge in [0.25, 0.3) is 0 Å². The van der Waals surface area contributed by atoms with Crippen molar-refractivity contribution in [2.24, 2.45) is 5.92 Å². The summed E-state index contributed by atoms with van der Waals surface area (Å²) >= 11 is 0. The summed E-state index contributed by atoms with van der Waals surface area (Å²) in [7, 11) is 0. The van der Waals surface area contributed by atoms with Crippen molar-refractivity contribution in [1.82, 2.24) is 14.5 Å². The standard InChI is InChI=1S/C19H17N2.C17H10NO.Ir/c1-13(2)16-11-15-9-6-10-17-18(15)21(12-16)19(20-17)14-7-4-3-5-8-14;1-2-10-16-12(6-1)13-7-5-8-14(17(13)19-16)15-9-3-4-11-18-15;/h3-7,9-11,13H,12H2,1-2H3;1-7,9-11H;/q2*-1;. The molecule has 0 fully saturated rings. The number of benzene rings is 4. The van der Waals surface area contributed by atoms with Gasteiger partial charge in [-0.05, 0) is 40.9 Å². The van der Waals surface area contributed by atoms with Gasteiger partial charge >= 0.3 is 0 Å². The number of rotatable bonds is 3. The van der Waals surface area contributed by atoms with Gasteiger partial charge in [-0.3, -0.25) is 4.98 Å². The third kappa shape index (κ3) is 4.93. The Morgan fingerprint density at radius 2 is 1.68 bits per heavy atom. The Balaban J connectivity index is 0.000000145. The monoisotopic (exact) mass is 710 g/mol. The summed E-state index contributed by atoms with van der Waals surface area (Å²) in [6, 6.07) is 38.8. The Bertz CT molecular complexity index is 2000. The molecule has 4 nitrogen and oxygen atoms in total. The first kappa shape index (κ1) is 26.9. The van der Waals surface area contributed by atoms with Crippen molar-refractivity contribution in [3.63, 3.8) is 0 Å². The van der Waals surface area contributed by atoms with Crippen LogP contribution >= 0.6 is 0 Å². The summed E-state index contributed by atoms with van der Waals surface area (Å²) in [6.45, 7) is 5.42. The van der Waals surface area contributed by atoms with Crippen LogP contribution in [0.15, 0.2) is 113 Å². The van der Waals surface area contributed by atoms with Crippen LogP contribution in [0, 0.1) is 18.1 Å². The molecule has 7 aromatic rings. The summed E-state index contributed by atoms with van der Waals surface area (Å²) in [5, 5.41) is 2.23. The second kappa shape index (κ2) is 11.3. The molecule has 0 spiro atoms. The predicted molar refractivity (Wildman–Crippen MR) is 163 cm³/mol. The number of aromatic nitrogens is 3. The van der Waals surface area contributed by atoms with E-state index in [9.17, 15) is 0 Å². The number of furan rings is 1. The molecule has 5 heteroatoms. The predicted octanol–water partition coefficient (Wildman–Crippen LogP) is 9.00. The zero-order chi connectivity index (χ0) is 27.1. The van der Waals surface area contributed by atoms with E-state index in [1.54, 1.807) is 6.20 Å². The molecular formula is C36H27IrN3O-2. The molecule has 0 atom stereocenters. The molecule has 0 saturated heterocycles. The van der Waals surface area contributed by atoms with Crippen LogP contribution in [0.2, 0.25) is 0 Å². The molecule has 41 heavy (non-hydrogen) atoms. The third-order valence-electron chi connectivity index (χ3n) is 7.43. The van der Waals surface area contributed by atoms with Gasteiger partial charge in [-0.25, -0.2) is 0 Å². The van der Waals surface area contributed by atoms with Crippen molar-refractivity contribution in [3.8, 4) is 22.6 Å². The molecule has 8 rings (SSSR count). The van der Waals surface area contributed by atoms with Gasteiger partial charge in [-0.15, -0.1) is 54.1 Å². The largest absolute Gasteiger partial charge is 0.501 e. The number of nitrogens with zero attached hydrogens (tertiary/aromatic N) is 3. The van der Waals surface area contributed by atoms with Crippen molar-refractivity contribution in [1.29, 1.82) is 0 Å². The number of para-hydroxylation sites is 2. The molecule has 1 radical (unpaired) electrons. The van der Waals surface area contributed by atoms with E-state index in [0.717, 1.165) is 56.6 Å². The molecule has 4 aromatic carbocycles. The van der Waals surface area contributed by atoms with Crippen molar-refractivity contribution in [3.05, 3.63) is 127 Å². The maximum absolute atomic E-state index is 5.97. The normalized spacial score (nSPS) is 12.2. The van der Waals surface area contributed by atoms with Crippen LogP contribution in [0.3, 0.4) is 0 Å². The molecule has 0 unspecified atom stereocenters.